The molecule has 1 N–H and O–H groups in total. The van der Waals surface area contributed by atoms with Crippen LogP contribution in [0.2, 0.25) is 5.02 Å². The van der Waals surface area contributed by atoms with E-state index in [-0.39, 0.29) is 0 Å². The van der Waals surface area contributed by atoms with Crippen LogP contribution in [-0.2, 0) is 4.79 Å². The van der Waals surface area contributed by atoms with Crippen molar-refractivity contribution in [1.82, 2.24) is 0 Å². The number of rotatable bonds is 3. The number of amides is 1. The number of ether oxygens (including phenoxy) is 1. The number of carbonyl (C=O) groups is 1. The van der Waals surface area contributed by atoms with Gasteiger partial charge < -0.3 is 10.1 Å². The monoisotopic (exact) mass is 263 g/mol. The second-order valence-corrected chi connectivity index (χ2v) is 3.49. The van der Waals surface area contributed by atoms with Gasteiger partial charge in [0.05, 0.1) is 17.8 Å². The van der Waals surface area contributed by atoms with E-state index >= 15 is 0 Å². The molecule has 70 valence electrons. The third kappa shape index (κ3) is 2.35. The topological polar surface area (TPSA) is 38.3 Å². The maximum Gasteiger partial charge on any atom is 0.211 e. The Hall–Kier alpha value is -0.740. The van der Waals surface area contributed by atoms with E-state index in [0.717, 1.165) is 4.47 Å². The van der Waals surface area contributed by atoms with Gasteiger partial charge in [0.1, 0.15) is 5.75 Å². The van der Waals surface area contributed by atoms with Crippen molar-refractivity contribution in [2.24, 2.45) is 0 Å². The molecule has 0 radical (unpaired) electrons. The van der Waals surface area contributed by atoms with Crippen molar-refractivity contribution in [3.05, 3.63) is 21.6 Å². The van der Waals surface area contributed by atoms with E-state index in [0.29, 0.717) is 22.9 Å². The molecule has 0 atom stereocenters. The third-order valence-electron chi connectivity index (χ3n) is 1.46. The summed E-state index contributed by atoms with van der Waals surface area (Å²) in [6.07, 6.45) is 0.586. The number of methoxy groups -OCH3 is 1. The van der Waals surface area contributed by atoms with Gasteiger partial charge in [-0.25, -0.2) is 0 Å². The normalized spacial score (nSPS) is 9.46. The summed E-state index contributed by atoms with van der Waals surface area (Å²) in [7, 11) is 1.53. The predicted octanol–water partition coefficient (Wildman–Crippen LogP) is 2.68. The van der Waals surface area contributed by atoms with E-state index in [1.165, 1.54) is 7.11 Å². The summed E-state index contributed by atoms with van der Waals surface area (Å²) in [4.78, 5) is 10.2. The minimum atomic E-state index is 0.454. The zero-order valence-electron chi connectivity index (χ0n) is 6.80. The largest absolute Gasteiger partial charge is 0.495 e. The quantitative estimate of drug-likeness (QED) is 0.853. The van der Waals surface area contributed by atoms with Crippen LogP contribution in [0.25, 0.3) is 0 Å². The minimum absolute atomic E-state index is 0.454. The molecule has 0 aliphatic heterocycles. The van der Waals surface area contributed by atoms with Gasteiger partial charge in [-0.3, -0.25) is 4.79 Å². The number of halogens is 2. The highest BCUT2D eigenvalue weighted by atomic mass is 79.9. The van der Waals surface area contributed by atoms with E-state index in [2.05, 4.69) is 21.2 Å². The summed E-state index contributed by atoms with van der Waals surface area (Å²) >= 11 is 9.10. The Labute approximate surface area is 89.2 Å². The molecule has 0 spiro atoms. The van der Waals surface area contributed by atoms with Crippen molar-refractivity contribution >= 4 is 39.6 Å². The van der Waals surface area contributed by atoms with Crippen LogP contribution in [-0.4, -0.2) is 13.5 Å². The average Bonchev–Trinajstić information content (AvgIpc) is 2.11. The average molecular weight is 265 g/mol. The molecular weight excluding hydrogens is 257 g/mol. The lowest BCUT2D eigenvalue weighted by Crippen LogP contribution is -1.95. The Morgan fingerprint density at radius 3 is 2.85 bits per heavy atom. The predicted molar refractivity (Wildman–Crippen MR) is 55.4 cm³/mol. The molecule has 0 fully saturated rings. The molecule has 0 saturated heterocycles. The first-order valence-corrected chi connectivity index (χ1v) is 4.59. The van der Waals surface area contributed by atoms with E-state index in [9.17, 15) is 4.79 Å². The van der Waals surface area contributed by atoms with Crippen molar-refractivity contribution in [1.29, 1.82) is 0 Å². The molecular formula is C8H7BrClNO2. The Kier molecular flexibility index (Phi) is 3.57. The number of benzene rings is 1. The van der Waals surface area contributed by atoms with Crippen molar-refractivity contribution in [2.75, 3.05) is 12.4 Å². The van der Waals surface area contributed by atoms with E-state index in [4.69, 9.17) is 16.3 Å². The minimum Gasteiger partial charge on any atom is -0.495 e. The second-order valence-electron chi connectivity index (χ2n) is 2.23. The summed E-state index contributed by atoms with van der Waals surface area (Å²) in [6.45, 7) is 0. The number of anilines is 1. The summed E-state index contributed by atoms with van der Waals surface area (Å²) < 4.78 is 5.70. The van der Waals surface area contributed by atoms with Crippen LogP contribution in [0, 0.1) is 0 Å². The number of hydrogen-bond acceptors (Lipinski definition) is 2. The van der Waals surface area contributed by atoms with Crippen LogP contribution < -0.4 is 10.1 Å². The van der Waals surface area contributed by atoms with Crippen molar-refractivity contribution in [2.45, 2.75) is 0 Å². The highest BCUT2D eigenvalue weighted by molar-refractivity contribution is 9.10. The standard InChI is InChI=1S/C8H7BrClNO2/c1-13-8-2-5(9)7(11-4-12)3-6(8)10/h2-4H,1H3,(H,11,12). The zero-order valence-corrected chi connectivity index (χ0v) is 9.15. The molecule has 0 bridgehead atoms. The van der Waals surface area contributed by atoms with Gasteiger partial charge in [-0.2, -0.15) is 0 Å². The van der Waals surface area contributed by atoms with Gasteiger partial charge in [0.15, 0.2) is 0 Å². The Morgan fingerprint density at radius 1 is 1.62 bits per heavy atom. The van der Waals surface area contributed by atoms with E-state index < -0.39 is 0 Å². The van der Waals surface area contributed by atoms with Gasteiger partial charge >= 0.3 is 0 Å². The SMILES string of the molecule is COc1cc(Br)c(NC=O)cc1Cl. The fraction of sp³-hybridized carbons (Fsp3) is 0.125. The zero-order chi connectivity index (χ0) is 9.84. The molecule has 0 aliphatic rings. The van der Waals surface area contributed by atoms with Gasteiger partial charge in [0.2, 0.25) is 6.41 Å². The Balaban J connectivity index is 3.12. The van der Waals surface area contributed by atoms with Crippen LogP contribution >= 0.6 is 27.5 Å². The van der Waals surface area contributed by atoms with Crippen LogP contribution in [0.1, 0.15) is 0 Å². The first-order valence-electron chi connectivity index (χ1n) is 3.42. The van der Waals surface area contributed by atoms with Crippen LogP contribution in [0.3, 0.4) is 0 Å². The number of hydrogen-bond donors (Lipinski definition) is 1. The molecule has 0 unspecified atom stereocenters. The van der Waals surface area contributed by atoms with Crippen LogP contribution in [0.15, 0.2) is 16.6 Å². The molecule has 13 heavy (non-hydrogen) atoms. The van der Waals surface area contributed by atoms with Crippen LogP contribution in [0.4, 0.5) is 5.69 Å². The summed E-state index contributed by atoms with van der Waals surface area (Å²) in [5.74, 6) is 0.560. The summed E-state index contributed by atoms with van der Waals surface area (Å²) in [5.41, 5.74) is 0.612. The molecule has 1 aromatic carbocycles. The smallest absolute Gasteiger partial charge is 0.211 e. The molecule has 0 saturated carbocycles. The molecule has 1 amide bonds. The molecule has 0 aromatic heterocycles. The van der Waals surface area contributed by atoms with Crippen molar-refractivity contribution < 1.29 is 9.53 Å². The van der Waals surface area contributed by atoms with Gasteiger partial charge in [0.25, 0.3) is 0 Å². The first-order chi connectivity index (χ1) is 6.19. The maximum absolute atomic E-state index is 10.2. The molecule has 5 heteroatoms. The first kappa shape index (κ1) is 10.3. The number of carbonyl (C=O) groups excluding carboxylic acids is 1. The lowest BCUT2D eigenvalue weighted by atomic mass is 10.3. The molecule has 0 aliphatic carbocycles. The lowest BCUT2D eigenvalue weighted by molar-refractivity contribution is -0.105. The van der Waals surface area contributed by atoms with Gasteiger partial charge in [-0.15, -0.1) is 0 Å². The molecule has 1 aromatic rings. The highest BCUT2D eigenvalue weighted by Gasteiger charge is 2.06. The fourth-order valence-corrected chi connectivity index (χ4v) is 1.54. The Bertz CT molecular complexity index is 330. The van der Waals surface area contributed by atoms with Gasteiger partial charge in [0, 0.05) is 4.47 Å². The second kappa shape index (κ2) is 4.48. The summed E-state index contributed by atoms with van der Waals surface area (Å²) in [5, 5.41) is 2.95. The third-order valence-corrected chi connectivity index (χ3v) is 2.41. The van der Waals surface area contributed by atoms with Crippen LogP contribution in [0.5, 0.6) is 5.75 Å². The molecule has 0 heterocycles. The number of nitrogens with one attached hydrogen (secondary N) is 1. The summed E-state index contributed by atoms with van der Waals surface area (Å²) in [6, 6.07) is 3.30. The van der Waals surface area contributed by atoms with E-state index in [1.807, 2.05) is 0 Å². The highest BCUT2D eigenvalue weighted by Crippen LogP contribution is 2.33. The van der Waals surface area contributed by atoms with Gasteiger partial charge in [-0.05, 0) is 28.1 Å². The molecule has 1 rings (SSSR count). The lowest BCUT2D eigenvalue weighted by Gasteiger charge is -2.07. The Morgan fingerprint density at radius 2 is 2.31 bits per heavy atom. The molecule has 3 nitrogen and oxygen atoms in total. The fourth-order valence-electron chi connectivity index (χ4n) is 0.859. The van der Waals surface area contributed by atoms with Gasteiger partial charge in [-0.1, -0.05) is 11.6 Å². The van der Waals surface area contributed by atoms with Crippen molar-refractivity contribution in [3.63, 3.8) is 0 Å². The van der Waals surface area contributed by atoms with Crippen molar-refractivity contribution in [3.8, 4) is 5.75 Å². The maximum atomic E-state index is 10.2. The van der Waals surface area contributed by atoms with E-state index in [1.54, 1.807) is 12.1 Å².